The molecule has 2 heteroatoms. The molecule has 0 saturated carbocycles. The Bertz CT molecular complexity index is 504. The monoisotopic (exact) mass is 249 g/mol. The Hall–Kier alpha value is -1.44. The first kappa shape index (κ1) is 16.6. The van der Waals surface area contributed by atoms with Crippen LogP contribution >= 0.6 is 0 Å². The average Bonchev–Trinajstić information content (AvgIpc) is 2.38. The summed E-state index contributed by atoms with van der Waals surface area (Å²) in [5.41, 5.74) is 2.72. The zero-order chi connectivity index (χ0) is 14.3. The van der Waals surface area contributed by atoms with Gasteiger partial charge in [-0.1, -0.05) is 33.8 Å². The lowest BCUT2D eigenvalue weighted by molar-refractivity contribution is 0.637. The summed E-state index contributed by atoms with van der Waals surface area (Å²) in [5, 5.41) is 1.62. The molecule has 0 aliphatic rings. The molecular formula is C16H24FN. The molecule has 1 aromatic heterocycles. The summed E-state index contributed by atoms with van der Waals surface area (Å²) in [5.74, 6) is -0.172. The Balaban J connectivity index is 0.000000659. The van der Waals surface area contributed by atoms with E-state index in [4.69, 9.17) is 0 Å². The van der Waals surface area contributed by atoms with Gasteiger partial charge in [-0.3, -0.25) is 4.98 Å². The number of aromatic nitrogens is 1. The summed E-state index contributed by atoms with van der Waals surface area (Å²) < 4.78 is 13.6. The Labute approximate surface area is 110 Å². The summed E-state index contributed by atoms with van der Waals surface area (Å²) in [6.07, 6.45) is 1.79. The quantitative estimate of drug-likeness (QED) is 0.613. The van der Waals surface area contributed by atoms with Gasteiger partial charge < -0.3 is 0 Å². The van der Waals surface area contributed by atoms with Gasteiger partial charge in [-0.2, -0.15) is 0 Å². The lowest BCUT2D eigenvalue weighted by Crippen LogP contribution is -1.91. The Morgan fingerprint density at radius 1 is 0.944 bits per heavy atom. The summed E-state index contributed by atoms with van der Waals surface area (Å²) in [7, 11) is 0. The maximum Gasteiger partial charge on any atom is 0.133 e. The summed E-state index contributed by atoms with van der Waals surface area (Å²) in [6, 6.07) is 3.55. The third kappa shape index (κ3) is 3.52. The maximum atomic E-state index is 13.6. The Kier molecular flexibility index (Phi) is 7.18. The van der Waals surface area contributed by atoms with Crippen LogP contribution in [0.15, 0.2) is 18.3 Å². The van der Waals surface area contributed by atoms with Crippen LogP contribution in [0.5, 0.6) is 0 Å². The summed E-state index contributed by atoms with van der Waals surface area (Å²) in [4.78, 5) is 4.16. The van der Waals surface area contributed by atoms with Gasteiger partial charge in [0.2, 0.25) is 0 Å². The molecule has 1 nitrogen and oxygen atoms in total. The molecule has 0 N–H and O–H groups in total. The van der Waals surface area contributed by atoms with Crippen LogP contribution in [0.25, 0.3) is 10.8 Å². The lowest BCUT2D eigenvalue weighted by atomic mass is 10.0. The van der Waals surface area contributed by atoms with Crippen LogP contribution in [0.4, 0.5) is 4.39 Å². The van der Waals surface area contributed by atoms with Crippen molar-refractivity contribution in [1.29, 1.82) is 0 Å². The number of fused-ring (bicyclic) bond motifs is 1. The minimum absolute atomic E-state index is 0.172. The predicted octanol–water partition coefficient (Wildman–Crippen LogP) is 5.35. The number of benzene rings is 1. The molecule has 0 aliphatic heterocycles. The van der Waals surface area contributed by atoms with Gasteiger partial charge in [-0.15, -0.1) is 0 Å². The topological polar surface area (TPSA) is 12.9 Å². The van der Waals surface area contributed by atoms with Gasteiger partial charge in [0.1, 0.15) is 5.82 Å². The number of hydrogen-bond donors (Lipinski definition) is 0. The first-order valence-electron chi connectivity index (χ1n) is 6.61. The molecule has 0 aliphatic carbocycles. The maximum absolute atomic E-state index is 13.6. The van der Waals surface area contributed by atoms with Gasteiger partial charge in [0, 0.05) is 17.3 Å². The molecule has 0 unspecified atom stereocenters. The first-order chi connectivity index (χ1) is 8.59. The van der Waals surface area contributed by atoms with Gasteiger partial charge in [-0.25, -0.2) is 4.39 Å². The first-order valence-corrected chi connectivity index (χ1v) is 6.61. The summed E-state index contributed by atoms with van der Waals surface area (Å²) >= 11 is 0. The highest BCUT2D eigenvalue weighted by atomic mass is 19.1. The van der Waals surface area contributed by atoms with Crippen LogP contribution < -0.4 is 0 Å². The highest BCUT2D eigenvalue weighted by molar-refractivity contribution is 5.88. The second-order valence-electron chi connectivity index (χ2n) is 3.70. The molecule has 0 bridgehead atoms. The number of halogens is 1. The van der Waals surface area contributed by atoms with Crippen molar-refractivity contribution in [2.24, 2.45) is 0 Å². The van der Waals surface area contributed by atoms with Crippen LogP contribution in [0, 0.1) is 26.6 Å². The van der Waals surface area contributed by atoms with Crippen molar-refractivity contribution in [3.8, 4) is 0 Å². The van der Waals surface area contributed by atoms with E-state index in [0.717, 1.165) is 22.2 Å². The molecule has 0 saturated heterocycles. The molecule has 0 atom stereocenters. The largest absolute Gasteiger partial charge is 0.261 e. The van der Waals surface area contributed by atoms with E-state index in [0.29, 0.717) is 5.39 Å². The van der Waals surface area contributed by atoms with Crippen LogP contribution in [-0.2, 0) is 0 Å². The smallest absolute Gasteiger partial charge is 0.133 e. The molecule has 2 aromatic rings. The fourth-order valence-corrected chi connectivity index (χ4v) is 1.75. The minimum Gasteiger partial charge on any atom is -0.261 e. The van der Waals surface area contributed by atoms with Crippen molar-refractivity contribution >= 4 is 10.8 Å². The zero-order valence-electron chi connectivity index (χ0n) is 12.6. The van der Waals surface area contributed by atoms with Crippen molar-refractivity contribution < 1.29 is 4.39 Å². The molecule has 18 heavy (non-hydrogen) atoms. The Morgan fingerprint density at radius 3 is 2.06 bits per heavy atom. The second kappa shape index (κ2) is 7.80. The molecule has 0 spiro atoms. The number of nitrogens with zero attached hydrogens (tertiary/aromatic N) is 1. The third-order valence-corrected chi connectivity index (χ3v) is 2.47. The molecule has 0 radical (unpaired) electrons. The average molecular weight is 249 g/mol. The van der Waals surface area contributed by atoms with Crippen molar-refractivity contribution in [2.45, 2.75) is 48.5 Å². The molecule has 2 rings (SSSR count). The van der Waals surface area contributed by atoms with Gasteiger partial charge in [0.05, 0.1) is 0 Å². The van der Waals surface area contributed by atoms with E-state index in [-0.39, 0.29) is 5.82 Å². The molecule has 100 valence electrons. The lowest BCUT2D eigenvalue weighted by Gasteiger charge is -2.06. The van der Waals surface area contributed by atoms with E-state index in [1.54, 1.807) is 12.3 Å². The van der Waals surface area contributed by atoms with Crippen LogP contribution in [0.3, 0.4) is 0 Å². The van der Waals surface area contributed by atoms with E-state index in [1.807, 2.05) is 54.5 Å². The normalized spacial score (nSPS) is 9.11. The van der Waals surface area contributed by atoms with Crippen LogP contribution in [0.2, 0.25) is 0 Å². The van der Waals surface area contributed by atoms with E-state index >= 15 is 0 Å². The number of hydrogen-bond acceptors (Lipinski definition) is 1. The highest BCUT2D eigenvalue weighted by Crippen LogP contribution is 2.24. The van der Waals surface area contributed by atoms with Gasteiger partial charge in [0.25, 0.3) is 0 Å². The summed E-state index contributed by atoms with van der Waals surface area (Å²) in [6.45, 7) is 13.7. The van der Waals surface area contributed by atoms with E-state index in [2.05, 4.69) is 4.98 Å². The van der Waals surface area contributed by atoms with E-state index in [9.17, 15) is 4.39 Å². The van der Waals surface area contributed by atoms with E-state index < -0.39 is 0 Å². The SMILES string of the molecule is CC.CC.Cc1cc(F)c2c(C)ncc(C)c2c1. The van der Waals surface area contributed by atoms with Crippen molar-refractivity contribution in [3.05, 3.63) is 41.0 Å². The highest BCUT2D eigenvalue weighted by Gasteiger charge is 2.07. The minimum atomic E-state index is -0.172. The predicted molar refractivity (Wildman–Crippen MR) is 78.6 cm³/mol. The Morgan fingerprint density at radius 2 is 1.50 bits per heavy atom. The van der Waals surface area contributed by atoms with Gasteiger partial charge in [0.15, 0.2) is 0 Å². The van der Waals surface area contributed by atoms with Gasteiger partial charge >= 0.3 is 0 Å². The molecular weight excluding hydrogens is 225 g/mol. The van der Waals surface area contributed by atoms with Gasteiger partial charge in [-0.05, 0) is 43.4 Å². The third-order valence-electron chi connectivity index (χ3n) is 2.47. The zero-order valence-corrected chi connectivity index (χ0v) is 12.6. The van der Waals surface area contributed by atoms with E-state index in [1.165, 1.54) is 0 Å². The number of pyridine rings is 1. The molecule has 1 aromatic carbocycles. The molecule has 0 fully saturated rings. The fourth-order valence-electron chi connectivity index (χ4n) is 1.75. The van der Waals surface area contributed by atoms with Crippen molar-refractivity contribution in [1.82, 2.24) is 4.98 Å². The fraction of sp³-hybridized carbons (Fsp3) is 0.438. The van der Waals surface area contributed by atoms with Crippen LogP contribution in [0.1, 0.15) is 44.5 Å². The molecule has 0 amide bonds. The van der Waals surface area contributed by atoms with Crippen molar-refractivity contribution in [2.75, 3.05) is 0 Å². The van der Waals surface area contributed by atoms with Crippen LogP contribution in [-0.4, -0.2) is 4.98 Å². The second-order valence-corrected chi connectivity index (χ2v) is 3.70. The number of aryl methyl sites for hydroxylation is 3. The standard InChI is InChI=1S/C12H12FN.2C2H6/c1-7-4-10-8(2)6-14-9(3)12(10)11(13)5-7;2*1-2/h4-6H,1-3H3;2*1-2H3. The van der Waals surface area contributed by atoms with Crippen molar-refractivity contribution in [3.63, 3.8) is 0 Å². The molecule has 1 heterocycles. The number of rotatable bonds is 0.